The van der Waals surface area contributed by atoms with E-state index in [1.54, 1.807) is 43.4 Å². The predicted molar refractivity (Wildman–Crippen MR) is 83.9 cm³/mol. The molecule has 112 valence electrons. The maximum Gasteiger partial charge on any atom is 0.251 e. The van der Waals surface area contributed by atoms with Gasteiger partial charge in [0.05, 0.1) is 0 Å². The zero-order valence-corrected chi connectivity index (χ0v) is 12.0. The van der Waals surface area contributed by atoms with Crippen LogP contribution in [0.2, 0.25) is 0 Å². The fourth-order valence-electron chi connectivity index (χ4n) is 1.82. The third kappa shape index (κ3) is 4.28. The van der Waals surface area contributed by atoms with Gasteiger partial charge in [0.15, 0.2) is 0 Å². The molecule has 0 aliphatic carbocycles. The Hall–Kier alpha value is -2.95. The van der Waals surface area contributed by atoms with Gasteiger partial charge in [-0.1, -0.05) is 12.1 Å². The van der Waals surface area contributed by atoms with Gasteiger partial charge >= 0.3 is 0 Å². The molecule has 0 bridgehead atoms. The molecule has 0 aliphatic rings. The highest BCUT2D eigenvalue weighted by Gasteiger charge is 2.03. The summed E-state index contributed by atoms with van der Waals surface area (Å²) in [5.74, 6) is -0.881. The molecular weight excluding hydrogens is 283 g/mol. The molecule has 2 rings (SSSR count). The smallest absolute Gasteiger partial charge is 0.251 e. The molecule has 2 N–H and O–H groups in total. The van der Waals surface area contributed by atoms with Crippen LogP contribution < -0.4 is 10.6 Å². The number of amides is 2. The Bertz CT molecular complexity index is 709. The highest BCUT2D eigenvalue weighted by molar-refractivity contribution is 6.02. The minimum atomic E-state index is -0.354. The molecule has 2 amide bonds. The minimum Gasteiger partial charge on any atom is -0.355 e. The summed E-state index contributed by atoms with van der Waals surface area (Å²) in [5, 5.41) is 5.18. The van der Waals surface area contributed by atoms with Gasteiger partial charge in [-0.25, -0.2) is 4.39 Å². The van der Waals surface area contributed by atoms with Gasteiger partial charge in [-0.15, -0.1) is 0 Å². The molecule has 0 fully saturated rings. The highest BCUT2D eigenvalue weighted by Crippen LogP contribution is 2.10. The molecule has 0 radical (unpaired) electrons. The fourth-order valence-corrected chi connectivity index (χ4v) is 1.82. The van der Waals surface area contributed by atoms with Crippen LogP contribution >= 0.6 is 0 Å². The molecule has 0 aliphatic heterocycles. The van der Waals surface area contributed by atoms with Crippen molar-refractivity contribution in [3.05, 3.63) is 71.6 Å². The molecule has 0 spiro atoms. The molecule has 0 atom stereocenters. The molecule has 2 aromatic rings. The summed E-state index contributed by atoms with van der Waals surface area (Å²) in [6.07, 6.45) is 2.85. The van der Waals surface area contributed by atoms with E-state index in [0.29, 0.717) is 16.8 Å². The summed E-state index contributed by atoms with van der Waals surface area (Å²) in [6, 6.07) is 12.5. The Kier molecular flexibility index (Phi) is 5.03. The van der Waals surface area contributed by atoms with E-state index >= 15 is 0 Å². The lowest BCUT2D eigenvalue weighted by Crippen LogP contribution is -2.17. The number of hydrogen-bond acceptors (Lipinski definition) is 2. The van der Waals surface area contributed by atoms with Crippen molar-refractivity contribution in [2.24, 2.45) is 0 Å². The number of hydrogen-bond donors (Lipinski definition) is 2. The minimum absolute atomic E-state index is 0.191. The number of carbonyl (C=O) groups excluding carboxylic acids is 2. The normalized spacial score (nSPS) is 10.5. The lowest BCUT2D eigenvalue weighted by atomic mass is 10.2. The van der Waals surface area contributed by atoms with Crippen LogP contribution in [0.5, 0.6) is 0 Å². The van der Waals surface area contributed by atoms with Gasteiger partial charge in [-0.3, -0.25) is 9.59 Å². The zero-order chi connectivity index (χ0) is 15.9. The molecule has 0 aromatic heterocycles. The quantitative estimate of drug-likeness (QED) is 0.853. The van der Waals surface area contributed by atoms with Gasteiger partial charge < -0.3 is 10.6 Å². The number of benzene rings is 2. The van der Waals surface area contributed by atoms with Gasteiger partial charge in [-0.2, -0.15) is 0 Å². The summed E-state index contributed by atoms with van der Waals surface area (Å²) in [5.41, 5.74) is 1.68. The highest BCUT2D eigenvalue weighted by atomic mass is 19.1. The SMILES string of the molecule is CNC(=O)c1ccc(NC(=O)C=Cc2cccc(F)c2)cc1. The molecule has 4 nitrogen and oxygen atoms in total. The van der Waals surface area contributed by atoms with Crippen molar-refractivity contribution in [3.63, 3.8) is 0 Å². The van der Waals surface area contributed by atoms with Gasteiger partial charge in [-0.05, 0) is 48.0 Å². The van der Waals surface area contributed by atoms with Crippen molar-refractivity contribution in [1.29, 1.82) is 0 Å². The first kappa shape index (κ1) is 15.4. The van der Waals surface area contributed by atoms with E-state index in [-0.39, 0.29) is 17.6 Å². The number of nitrogens with one attached hydrogen (secondary N) is 2. The Morgan fingerprint density at radius 3 is 2.45 bits per heavy atom. The van der Waals surface area contributed by atoms with Crippen LogP contribution in [-0.2, 0) is 4.79 Å². The van der Waals surface area contributed by atoms with Gasteiger partial charge in [0.25, 0.3) is 5.91 Å². The number of anilines is 1. The molecule has 0 heterocycles. The van der Waals surface area contributed by atoms with Crippen LogP contribution in [0.15, 0.2) is 54.6 Å². The van der Waals surface area contributed by atoms with Gasteiger partial charge in [0.2, 0.25) is 5.91 Å². The lowest BCUT2D eigenvalue weighted by molar-refractivity contribution is -0.111. The zero-order valence-electron chi connectivity index (χ0n) is 12.0. The van der Waals surface area contributed by atoms with E-state index in [0.717, 1.165) is 0 Å². The third-order valence-corrected chi connectivity index (χ3v) is 2.92. The van der Waals surface area contributed by atoms with Crippen LogP contribution in [0.4, 0.5) is 10.1 Å². The molecule has 0 saturated heterocycles. The first-order chi connectivity index (χ1) is 10.6. The van der Waals surface area contributed by atoms with E-state index in [2.05, 4.69) is 10.6 Å². The van der Waals surface area contributed by atoms with Gasteiger partial charge in [0, 0.05) is 24.4 Å². The Labute approximate surface area is 127 Å². The number of halogens is 1. The van der Waals surface area contributed by atoms with Crippen molar-refractivity contribution < 1.29 is 14.0 Å². The second-order valence-corrected chi connectivity index (χ2v) is 4.53. The molecular formula is C17H15FN2O2. The maximum atomic E-state index is 13.0. The van der Waals surface area contributed by atoms with Crippen molar-refractivity contribution in [3.8, 4) is 0 Å². The molecule has 0 unspecified atom stereocenters. The largest absolute Gasteiger partial charge is 0.355 e. The first-order valence-electron chi connectivity index (χ1n) is 6.65. The average molecular weight is 298 g/mol. The monoisotopic (exact) mass is 298 g/mol. The van der Waals surface area contributed by atoms with Crippen molar-refractivity contribution >= 4 is 23.6 Å². The van der Waals surface area contributed by atoms with Crippen LogP contribution in [0, 0.1) is 5.82 Å². The molecule has 2 aromatic carbocycles. The van der Waals surface area contributed by atoms with Crippen molar-refractivity contribution in [1.82, 2.24) is 5.32 Å². The second-order valence-electron chi connectivity index (χ2n) is 4.53. The third-order valence-electron chi connectivity index (χ3n) is 2.92. The second kappa shape index (κ2) is 7.17. The lowest BCUT2D eigenvalue weighted by Gasteiger charge is -2.04. The fraction of sp³-hybridized carbons (Fsp3) is 0.0588. The molecule has 5 heteroatoms. The number of rotatable bonds is 4. The Balaban J connectivity index is 1.98. The van der Waals surface area contributed by atoms with Gasteiger partial charge in [0.1, 0.15) is 5.82 Å². The van der Waals surface area contributed by atoms with E-state index in [9.17, 15) is 14.0 Å². The topological polar surface area (TPSA) is 58.2 Å². The van der Waals surface area contributed by atoms with Crippen molar-refractivity contribution in [2.75, 3.05) is 12.4 Å². The van der Waals surface area contributed by atoms with Crippen molar-refractivity contribution in [2.45, 2.75) is 0 Å². The average Bonchev–Trinajstić information content (AvgIpc) is 2.53. The predicted octanol–water partition coefficient (Wildman–Crippen LogP) is 2.84. The standard InChI is InChI=1S/C17H15FN2O2/c1-19-17(22)13-6-8-15(9-7-13)20-16(21)10-5-12-3-2-4-14(18)11-12/h2-11H,1H3,(H,19,22)(H,20,21). The summed E-state index contributed by atoms with van der Waals surface area (Å²) < 4.78 is 13.0. The summed E-state index contributed by atoms with van der Waals surface area (Å²) in [6.45, 7) is 0. The maximum absolute atomic E-state index is 13.0. The van der Waals surface area contributed by atoms with Crippen LogP contribution in [0.25, 0.3) is 6.08 Å². The van der Waals surface area contributed by atoms with Crippen LogP contribution in [-0.4, -0.2) is 18.9 Å². The van der Waals surface area contributed by atoms with E-state index < -0.39 is 0 Å². The Morgan fingerprint density at radius 2 is 1.82 bits per heavy atom. The first-order valence-corrected chi connectivity index (χ1v) is 6.65. The van der Waals surface area contributed by atoms with Crippen LogP contribution in [0.1, 0.15) is 15.9 Å². The summed E-state index contributed by atoms with van der Waals surface area (Å²) in [7, 11) is 1.55. The number of carbonyl (C=O) groups is 2. The summed E-state index contributed by atoms with van der Waals surface area (Å²) >= 11 is 0. The van der Waals surface area contributed by atoms with E-state index in [1.807, 2.05) is 0 Å². The van der Waals surface area contributed by atoms with E-state index in [1.165, 1.54) is 24.3 Å². The summed E-state index contributed by atoms with van der Waals surface area (Å²) in [4.78, 5) is 23.2. The van der Waals surface area contributed by atoms with E-state index in [4.69, 9.17) is 0 Å². The van der Waals surface area contributed by atoms with Crippen LogP contribution in [0.3, 0.4) is 0 Å². The molecule has 22 heavy (non-hydrogen) atoms. The Morgan fingerprint density at radius 1 is 1.09 bits per heavy atom. The molecule has 0 saturated carbocycles.